The van der Waals surface area contributed by atoms with Gasteiger partial charge in [0.25, 0.3) is 0 Å². The molecule has 2 N–H and O–H groups in total. The van der Waals surface area contributed by atoms with Crippen LogP contribution in [0, 0.1) is 5.92 Å². The van der Waals surface area contributed by atoms with Gasteiger partial charge in [-0.2, -0.15) is 0 Å². The van der Waals surface area contributed by atoms with Gasteiger partial charge < -0.3 is 10.1 Å². The highest BCUT2D eigenvalue weighted by Gasteiger charge is 2.18. The van der Waals surface area contributed by atoms with Crippen molar-refractivity contribution in [3.8, 4) is 0 Å². The number of H-pyrrole nitrogens is 1. The van der Waals surface area contributed by atoms with Crippen LogP contribution in [0.1, 0.15) is 57.8 Å². The monoisotopic (exact) mass is 279 g/mol. The van der Waals surface area contributed by atoms with E-state index in [0.717, 1.165) is 38.3 Å². The van der Waals surface area contributed by atoms with E-state index in [4.69, 9.17) is 0 Å². The van der Waals surface area contributed by atoms with Crippen LogP contribution in [0.4, 0.5) is 0 Å². The average Bonchev–Trinajstić information content (AvgIpc) is 2.82. The van der Waals surface area contributed by atoms with Gasteiger partial charge in [-0.3, -0.25) is 4.90 Å². The Hall–Kier alpha value is -0.870. The SMILES string of the molecule is C[C@@H](CCCC(C)(C)O)CCN1CCc2nc[nH]c2C1. The maximum atomic E-state index is 9.72. The van der Waals surface area contributed by atoms with Gasteiger partial charge in [-0.05, 0) is 39.2 Å². The molecule has 0 bridgehead atoms. The number of nitrogens with one attached hydrogen (secondary N) is 1. The summed E-state index contributed by atoms with van der Waals surface area (Å²) in [4.78, 5) is 10.1. The highest BCUT2D eigenvalue weighted by atomic mass is 16.3. The summed E-state index contributed by atoms with van der Waals surface area (Å²) in [7, 11) is 0. The predicted octanol–water partition coefficient (Wildman–Crippen LogP) is 2.74. The van der Waals surface area contributed by atoms with Gasteiger partial charge in [0.2, 0.25) is 0 Å². The molecule has 0 saturated carbocycles. The van der Waals surface area contributed by atoms with Crippen LogP contribution in [0.25, 0.3) is 0 Å². The number of nitrogens with zero attached hydrogens (tertiary/aromatic N) is 2. The Kier molecular flexibility index (Phi) is 5.22. The summed E-state index contributed by atoms with van der Waals surface area (Å²) in [6, 6.07) is 0. The van der Waals surface area contributed by atoms with Crippen molar-refractivity contribution < 1.29 is 5.11 Å². The molecule has 1 atom stereocenters. The van der Waals surface area contributed by atoms with E-state index in [1.54, 1.807) is 0 Å². The van der Waals surface area contributed by atoms with E-state index in [0.29, 0.717) is 0 Å². The van der Waals surface area contributed by atoms with Gasteiger partial charge in [0.1, 0.15) is 0 Å². The van der Waals surface area contributed by atoms with Crippen LogP contribution < -0.4 is 0 Å². The van der Waals surface area contributed by atoms with Crippen LogP contribution in [-0.2, 0) is 13.0 Å². The normalized spacial score (nSPS) is 18.0. The predicted molar refractivity (Wildman–Crippen MR) is 81.5 cm³/mol. The number of hydrogen-bond acceptors (Lipinski definition) is 3. The third kappa shape index (κ3) is 4.91. The van der Waals surface area contributed by atoms with Gasteiger partial charge in [-0.25, -0.2) is 4.98 Å². The van der Waals surface area contributed by atoms with Crippen molar-refractivity contribution in [1.82, 2.24) is 14.9 Å². The first-order valence-corrected chi connectivity index (χ1v) is 7.90. The second kappa shape index (κ2) is 6.72. The fraction of sp³-hybridized carbons (Fsp3) is 0.812. The summed E-state index contributed by atoms with van der Waals surface area (Å²) in [5, 5.41) is 9.72. The number of hydrogen-bond donors (Lipinski definition) is 2. The molecule has 1 aliphatic heterocycles. The Morgan fingerprint density at radius 3 is 3.00 bits per heavy atom. The molecule has 0 unspecified atom stereocenters. The molecule has 0 aliphatic carbocycles. The molecular formula is C16H29N3O. The zero-order chi connectivity index (χ0) is 14.6. The molecule has 0 amide bonds. The molecule has 2 rings (SSSR count). The first-order chi connectivity index (χ1) is 9.44. The zero-order valence-corrected chi connectivity index (χ0v) is 13.2. The summed E-state index contributed by atoms with van der Waals surface area (Å²) in [5.74, 6) is 0.737. The minimum Gasteiger partial charge on any atom is -0.390 e. The van der Waals surface area contributed by atoms with Crippen LogP contribution in [0.5, 0.6) is 0 Å². The largest absolute Gasteiger partial charge is 0.390 e. The zero-order valence-electron chi connectivity index (χ0n) is 13.2. The summed E-state index contributed by atoms with van der Waals surface area (Å²) in [5.41, 5.74) is 2.04. The molecule has 114 valence electrons. The summed E-state index contributed by atoms with van der Waals surface area (Å²) in [6.45, 7) is 9.44. The minimum absolute atomic E-state index is 0.510. The van der Waals surface area contributed by atoms with Gasteiger partial charge in [0.05, 0.1) is 23.3 Å². The van der Waals surface area contributed by atoms with Crippen LogP contribution >= 0.6 is 0 Å². The Morgan fingerprint density at radius 2 is 2.25 bits per heavy atom. The van der Waals surface area contributed by atoms with Crippen molar-refractivity contribution in [2.24, 2.45) is 5.92 Å². The quantitative estimate of drug-likeness (QED) is 0.807. The van der Waals surface area contributed by atoms with E-state index >= 15 is 0 Å². The van der Waals surface area contributed by atoms with E-state index in [1.165, 1.54) is 30.8 Å². The fourth-order valence-corrected chi connectivity index (χ4v) is 2.89. The molecule has 4 heteroatoms. The van der Waals surface area contributed by atoms with E-state index in [2.05, 4.69) is 21.8 Å². The van der Waals surface area contributed by atoms with Crippen LogP contribution in [0.3, 0.4) is 0 Å². The lowest BCUT2D eigenvalue weighted by atomic mass is 9.95. The second-order valence-electron chi connectivity index (χ2n) is 6.95. The Bertz CT molecular complexity index is 408. The smallest absolute Gasteiger partial charge is 0.0925 e. The number of aromatic nitrogens is 2. The summed E-state index contributed by atoms with van der Waals surface area (Å²) >= 11 is 0. The van der Waals surface area contributed by atoms with Crippen molar-refractivity contribution in [2.45, 2.75) is 65.0 Å². The van der Waals surface area contributed by atoms with E-state index < -0.39 is 5.60 Å². The van der Waals surface area contributed by atoms with Gasteiger partial charge >= 0.3 is 0 Å². The van der Waals surface area contributed by atoms with E-state index in [9.17, 15) is 5.11 Å². The molecule has 2 heterocycles. The molecular weight excluding hydrogens is 250 g/mol. The fourth-order valence-electron chi connectivity index (χ4n) is 2.89. The minimum atomic E-state index is -0.510. The molecule has 1 aromatic rings. The maximum Gasteiger partial charge on any atom is 0.0925 e. The first kappa shape index (κ1) is 15.5. The van der Waals surface area contributed by atoms with Crippen LogP contribution in [0.15, 0.2) is 6.33 Å². The van der Waals surface area contributed by atoms with Crippen molar-refractivity contribution in [3.05, 3.63) is 17.7 Å². The van der Waals surface area contributed by atoms with Crippen LogP contribution in [-0.4, -0.2) is 38.7 Å². The molecule has 1 aromatic heterocycles. The van der Waals surface area contributed by atoms with Gasteiger partial charge in [0.15, 0.2) is 0 Å². The van der Waals surface area contributed by atoms with Gasteiger partial charge in [-0.1, -0.05) is 19.8 Å². The molecule has 1 aliphatic rings. The number of aromatic amines is 1. The summed E-state index contributed by atoms with van der Waals surface area (Å²) in [6.07, 6.45) is 7.37. The number of fused-ring (bicyclic) bond motifs is 1. The highest BCUT2D eigenvalue weighted by Crippen LogP contribution is 2.20. The van der Waals surface area contributed by atoms with E-state index in [1.807, 2.05) is 20.2 Å². The Morgan fingerprint density at radius 1 is 1.45 bits per heavy atom. The number of rotatable bonds is 7. The van der Waals surface area contributed by atoms with Crippen molar-refractivity contribution >= 4 is 0 Å². The maximum absolute atomic E-state index is 9.72. The third-order valence-electron chi connectivity index (χ3n) is 4.28. The Balaban J connectivity index is 1.63. The van der Waals surface area contributed by atoms with Gasteiger partial charge in [0, 0.05) is 19.5 Å². The van der Waals surface area contributed by atoms with Gasteiger partial charge in [-0.15, -0.1) is 0 Å². The molecule has 20 heavy (non-hydrogen) atoms. The summed E-state index contributed by atoms with van der Waals surface area (Å²) < 4.78 is 0. The molecule has 0 radical (unpaired) electrons. The molecule has 0 fully saturated rings. The lowest BCUT2D eigenvalue weighted by molar-refractivity contribution is 0.0667. The average molecular weight is 279 g/mol. The second-order valence-corrected chi connectivity index (χ2v) is 6.95. The number of aliphatic hydroxyl groups is 1. The lowest BCUT2D eigenvalue weighted by Gasteiger charge is -2.27. The van der Waals surface area contributed by atoms with E-state index in [-0.39, 0.29) is 0 Å². The molecule has 0 aromatic carbocycles. The third-order valence-corrected chi connectivity index (χ3v) is 4.28. The van der Waals surface area contributed by atoms with Crippen LogP contribution in [0.2, 0.25) is 0 Å². The molecule has 0 spiro atoms. The van der Waals surface area contributed by atoms with Crippen molar-refractivity contribution in [3.63, 3.8) is 0 Å². The first-order valence-electron chi connectivity index (χ1n) is 7.90. The van der Waals surface area contributed by atoms with Crippen molar-refractivity contribution in [1.29, 1.82) is 0 Å². The molecule has 4 nitrogen and oxygen atoms in total. The van der Waals surface area contributed by atoms with Crippen molar-refractivity contribution in [2.75, 3.05) is 13.1 Å². The molecule has 0 saturated heterocycles. The lowest BCUT2D eigenvalue weighted by Crippen LogP contribution is -2.32. The standard InChI is InChI=1S/C16H29N3O/c1-13(5-4-8-16(2,3)20)6-9-19-10-7-14-15(11-19)18-12-17-14/h12-13,20H,4-11H2,1-3H3,(H,17,18)/t13-/m0/s1. The topological polar surface area (TPSA) is 52.1 Å². The Labute approximate surface area is 122 Å². The number of imidazole rings is 1. The highest BCUT2D eigenvalue weighted by molar-refractivity contribution is 5.14.